The second-order valence-electron chi connectivity index (χ2n) is 10.2. The number of amides is 1. The summed E-state index contributed by atoms with van der Waals surface area (Å²) in [5.41, 5.74) is 3.02. The van der Waals surface area contributed by atoms with Crippen molar-refractivity contribution >= 4 is 12.1 Å². The molecule has 188 valence electrons. The van der Waals surface area contributed by atoms with Crippen molar-refractivity contribution in [1.82, 2.24) is 24.9 Å². The minimum Gasteiger partial charge on any atom is -0.488 e. The van der Waals surface area contributed by atoms with Crippen LogP contribution in [0, 0.1) is 11.3 Å². The van der Waals surface area contributed by atoms with Gasteiger partial charge in [-0.05, 0) is 57.1 Å². The Morgan fingerprint density at radius 3 is 2.69 bits per heavy atom. The maximum Gasteiger partial charge on any atom is 0.410 e. The lowest BCUT2D eigenvalue weighted by Gasteiger charge is -2.55. The van der Waals surface area contributed by atoms with Crippen molar-refractivity contribution in [3.8, 4) is 17.1 Å². The minimum atomic E-state index is -0.755. The SMILES string of the molecule is CCc1nc(-c2nnn(C)c2COC(=O)N2CC3(CCC3)C2)ccc1O[C@H]1CCC[C@H](C(=O)O)C1. The van der Waals surface area contributed by atoms with Crippen LogP contribution in [0.15, 0.2) is 12.1 Å². The third kappa shape index (κ3) is 4.70. The van der Waals surface area contributed by atoms with Gasteiger partial charge >= 0.3 is 12.1 Å². The summed E-state index contributed by atoms with van der Waals surface area (Å²) in [6.45, 7) is 3.65. The summed E-state index contributed by atoms with van der Waals surface area (Å²) in [4.78, 5) is 30.4. The Kier molecular flexibility index (Phi) is 6.37. The lowest BCUT2D eigenvalue weighted by Crippen LogP contribution is -2.61. The van der Waals surface area contributed by atoms with E-state index in [0.29, 0.717) is 47.5 Å². The molecule has 1 amide bonds. The summed E-state index contributed by atoms with van der Waals surface area (Å²) >= 11 is 0. The molecule has 2 aromatic rings. The van der Waals surface area contributed by atoms with Gasteiger partial charge in [-0.25, -0.2) is 14.5 Å². The number of pyridine rings is 1. The molecule has 0 bridgehead atoms. The van der Waals surface area contributed by atoms with Gasteiger partial charge in [0.2, 0.25) is 0 Å². The number of carbonyl (C=O) groups excluding carboxylic acids is 1. The van der Waals surface area contributed by atoms with Crippen LogP contribution in [-0.2, 0) is 29.6 Å². The van der Waals surface area contributed by atoms with Crippen LogP contribution in [0.2, 0.25) is 0 Å². The number of nitrogens with zero attached hydrogens (tertiary/aromatic N) is 5. The van der Waals surface area contributed by atoms with E-state index < -0.39 is 5.97 Å². The normalized spacial score (nSPS) is 22.9. The Labute approximate surface area is 204 Å². The lowest BCUT2D eigenvalue weighted by atomic mass is 9.64. The molecule has 3 heterocycles. The molecule has 1 spiro atoms. The van der Waals surface area contributed by atoms with Gasteiger partial charge in [0.1, 0.15) is 23.7 Å². The van der Waals surface area contributed by atoms with Crippen molar-refractivity contribution in [2.75, 3.05) is 13.1 Å². The van der Waals surface area contributed by atoms with E-state index in [2.05, 4.69) is 10.3 Å². The zero-order valence-corrected chi connectivity index (χ0v) is 20.4. The molecule has 3 aliphatic rings. The first kappa shape index (κ1) is 23.6. The number of carbonyl (C=O) groups is 2. The quantitative estimate of drug-likeness (QED) is 0.635. The number of likely N-dealkylation sites (tertiary alicyclic amines) is 1. The van der Waals surface area contributed by atoms with Crippen molar-refractivity contribution < 1.29 is 24.2 Å². The van der Waals surface area contributed by atoms with Gasteiger partial charge in [-0.2, -0.15) is 0 Å². The molecule has 0 radical (unpaired) electrons. The zero-order valence-electron chi connectivity index (χ0n) is 20.4. The first-order valence-electron chi connectivity index (χ1n) is 12.6. The number of aliphatic carboxylic acids is 1. The molecule has 2 aliphatic carbocycles. The van der Waals surface area contributed by atoms with Crippen LogP contribution < -0.4 is 4.74 Å². The van der Waals surface area contributed by atoms with Gasteiger partial charge in [-0.1, -0.05) is 18.6 Å². The highest BCUT2D eigenvalue weighted by molar-refractivity contribution is 5.70. The molecular formula is C25H33N5O5. The number of rotatable bonds is 7. The highest BCUT2D eigenvalue weighted by Gasteiger charge is 2.49. The molecule has 10 nitrogen and oxygen atoms in total. The summed E-state index contributed by atoms with van der Waals surface area (Å²) in [5, 5.41) is 17.8. The number of hydrogen-bond donors (Lipinski definition) is 1. The van der Waals surface area contributed by atoms with Crippen molar-refractivity contribution in [3.63, 3.8) is 0 Å². The molecule has 0 unspecified atom stereocenters. The highest BCUT2D eigenvalue weighted by atomic mass is 16.6. The second kappa shape index (κ2) is 9.47. The van der Waals surface area contributed by atoms with Crippen molar-refractivity contribution in [3.05, 3.63) is 23.5 Å². The van der Waals surface area contributed by atoms with E-state index in [4.69, 9.17) is 14.5 Å². The van der Waals surface area contributed by atoms with Gasteiger partial charge in [0.15, 0.2) is 0 Å². The Bertz CT molecular complexity index is 1100. The topological polar surface area (TPSA) is 120 Å². The fourth-order valence-corrected chi connectivity index (χ4v) is 5.48. The van der Waals surface area contributed by atoms with Crippen molar-refractivity contribution in [2.24, 2.45) is 18.4 Å². The predicted octanol–water partition coefficient (Wildman–Crippen LogP) is 3.58. The van der Waals surface area contributed by atoms with Gasteiger partial charge in [0.05, 0.1) is 23.4 Å². The lowest BCUT2D eigenvalue weighted by molar-refractivity contribution is -0.143. The van der Waals surface area contributed by atoms with Gasteiger partial charge in [-0.15, -0.1) is 5.10 Å². The Morgan fingerprint density at radius 2 is 2.00 bits per heavy atom. The molecule has 35 heavy (non-hydrogen) atoms. The first-order valence-corrected chi connectivity index (χ1v) is 12.6. The average molecular weight is 484 g/mol. The number of ether oxygens (including phenoxy) is 2. The zero-order chi connectivity index (χ0) is 24.6. The maximum atomic E-state index is 12.5. The fourth-order valence-electron chi connectivity index (χ4n) is 5.48. The highest BCUT2D eigenvalue weighted by Crippen LogP contribution is 2.48. The van der Waals surface area contributed by atoms with E-state index in [0.717, 1.165) is 31.6 Å². The van der Waals surface area contributed by atoms with Crippen LogP contribution in [0.4, 0.5) is 4.79 Å². The Morgan fingerprint density at radius 1 is 1.20 bits per heavy atom. The third-order valence-electron chi connectivity index (χ3n) is 7.78. The number of aromatic nitrogens is 4. The average Bonchev–Trinajstić information content (AvgIpc) is 3.16. The summed E-state index contributed by atoms with van der Waals surface area (Å²) in [5.74, 6) is -0.437. The standard InChI is InChI=1S/C25H33N5O5/c1-3-18-21(35-17-7-4-6-16(12-17)23(31)32)9-8-19(26-18)22-20(29(2)28-27-22)13-34-24(33)30-14-25(15-30)10-5-11-25/h8-9,16-17H,3-7,10-15H2,1-2H3,(H,31,32)/t16-,17-/m0/s1. The Balaban J connectivity index is 1.26. The number of carboxylic acid groups (broad SMARTS) is 1. The molecule has 2 aromatic heterocycles. The molecule has 1 aliphatic heterocycles. The summed E-state index contributed by atoms with van der Waals surface area (Å²) in [6.07, 6.45) is 6.79. The molecule has 5 rings (SSSR count). The second-order valence-corrected chi connectivity index (χ2v) is 10.2. The molecule has 1 N–H and O–H groups in total. The van der Waals surface area contributed by atoms with E-state index in [-0.39, 0.29) is 24.7 Å². The third-order valence-corrected chi connectivity index (χ3v) is 7.78. The number of hydrogen-bond acceptors (Lipinski definition) is 7. The summed E-state index contributed by atoms with van der Waals surface area (Å²) in [6, 6.07) is 3.70. The van der Waals surface area contributed by atoms with E-state index in [1.807, 2.05) is 19.1 Å². The molecule has 10 heteroatoms. The maximum absolute atomic E-state index is 12.5. The van der Waals surface area contributed by atoms with Crippen LogP contribution in [0.25, 0.3) is 11.4 Å². The van der Waals surface area contributed by atoms with Gasteiger partial charge in [0.25, 0.3) is 0 Å². The van der Waals surface area contributed by atoms with Gasteiger partial charge in [-0.3, -0.25) is 4.79 Å². The van der Waals surface area contributed by atoms with Gasteiger partial charge < -0.3 is 19.5 Å². The predicted molar refractivity (Wildman–Crippen MR) is 126 cm³/mol. The molecular weight excluding hydrogens is 450 g/mol. The number of carboxylic acids is 1. The van der Waals surface area contributed by atoms with Crippen LogP contribution in [0.5, 0.6) is 5.75 Å². The van der Waals surface area contributed by atoms with E-state index in [1.54, 1.807) is 16.6 Å². The van der Waals surface area contributed by atoms with E-state index >= 15 is 0 Å². The molecule has 2 atom stereocenters. The summed E-state index contributed by atoms with van der Waals surface area (Å²) < 4.78 is 13.4. The molecule has 1 saturated heterocycles. The molecule has 3 fully saturated rings. The smallest absolute Gasteiger partial charge is 0.410 e. The van der Waals surface area contributed by atoms with Crippen molar-refractivity contribution in [2.45, 2.75) is 71.0 Å². The fraction of sp³-hybridized carbons (Fsp3) is 0.640. The Hall–Kier alpha value is -3.17. The van der Waals surface area contributed by atoms with Crippen LogP contribution in [0.3, 0.4) is 0 Å². The largest absolute Gasteiger partial charge is 0.488 e. The van der Waals surface area contributed by atoms with Crippen LogP contribution >= 0.6 is 0 Å². The summed E-state index contributed by atoms with van der Waals surface area (Å²) in [7, 11) is 1.77. The van der Waals surface area contributed by atoms with E-state index in [1.165, 1.54) is 19.3 Å². The monoisotopic (exact) mass is 483 g/mol. The molecule has 2 saturated carbocycles. The van der Waals surface area contributed by atoms with Crippen molar-refractivity contribution in [1.29, 1.82) is 0 Å². The first-order chi connectivity index (χ1) is 16.9. The van der Waals surface area contributed by atoms with Gasteiger partial charge in [0, 0.05) is 25.6 Å². The van der Waals surface area contributed by atoms with Crippen LogP contribution in [-0.4, -0.2) is 61.2 Å². The minimum absolute atomic E-state index is 0.0706. The van der Waals surface area contributed by atoms with E-state index in [9.17, 15) is 14.7 Å². The number of aryl methyl sites for hydroxylation is 2. The van der Waals surface area contributed by atoms with Crippen LogP contribution in [0.1, 0.15) is 63.3 Å². The molecule has 0 aromatic carbocycles.